The third kappa shape index (κ3) is 5.49. The molecule has 0 aliphatic carbocycles. The first-order chi connectivity index (χ1) is 9.04. The number of ether oxygens (including phenoxy) is 2. The molecule has 5 heteroatoms. The summed E-state index contributed by atoms with van der Waals surface area (Å²) in [6.07, 6.45) is 0.207. The van der Waals surface area contributed by atoms with Crippen molar-refractivity contribution in [2.45, 2.75) is 32.9 Å². The molecule has 1 aromatic rings. The highest BCUT2D eigenvalue weighted by Gasteiger charge is 2.10. The van der Waals surface area contributed by atoms with Crippen LogP contribution >= 0.6 is 11.6 Å². The Hall–Kier alpha value is -1.26. The molecule has 0 bridgehead atoms. The van der Waals surface area contributed by atoms with Crippen LogP contribution in [0.4, 0.5) is 0 Å². The maximum absolute atomic E-state index is 11.0. The van der Waals surface area contributed by atoms with E-state index in [9.17, 15) is 4.79 Å². The fourth-order valence-electron chi connectivity index (χ4n) is 1.51. The largest absolute Gasteiger partial charge is 0.491 e. The lowest BCUT2D eigenvalue weighted by molar-refractivity contribution is -0.141. The summed E-state index contributed by atoms with van der Waals surface area (Å²) in [5.74, 6) is 0.329. The van der Waals surface area contributed by atoms with Crippen molar-refractivity contribution in [1.82, 2.24) is 5.32 Å². The molecule has 0 fully saturated rings. The average molecular weight is 286 g/mol. The molecule has 0 atom stereocenters. The SMILES string of the molecule is COC(=O)CCOc1c(Cl)cccc1CNC(C)C. The quantitative estimate of drug-likeness (QED) is 0.783. The van der Waals surface area contributed by atoms with Crippen molar-refractivity contribution in [3.05, 3.63) is 28.8 Å². The van der Waals surface area contributed by atoms with Crippen LogP contribution in [0.25, 0.3) is 0 Å². The number of nitrogens with one attached hydrogen (secondary N) is 1. The summed E-state index contributed by atoms with van der Waals surface area (Å²) in [4.78, 5) is 11.0. The third-order valence-electron chi connectivity index (χ3n) is 2.53. The van der Waals surface area contributed by atoms with E-state index in [-0.39, 0.29) is 19.0 Å². The van der Waals surface area contributed by atoms with Gasteiger partial charge >= 0.3 is 5.97 Å². The first-order valence-corrected chi connectivity index (χ1v) is 6.62. The van der Waals surface area contributed by atoms with Gasteiger partial charge in [0.15, 0.2) is 0 Å². The van der Waals surface area contributed by atoms with Crippen LogP contribution in [-0.2, 0) is 16.1 Å². The highest BCUT2D eigenvalue weighted by atomic mass is 35.5. The minimum Gasteiger partial charge on any atom is -0.491 e. The van der Waals surface area contributed by atoms with Crippen LogP contribution in [0, 0.1) is 0 Å². The van der Waals surface area contributed by atoms with Crippen molar-refractivity contribution in [2.75, 3.05) is 13.7 Å². The lowest BCUT2D eigenvalue weighted by Crippen LogP contribution is -2.22. The summed E-state index contributed by atoms with van der Waals surface area (Å²) >= 11 is 6.12. The Morgan fingerprint density at radius 1 is 1.42 bits per heavy atom. The molecule has 106 valence electrons. The first kappa shape index (κ1) is 15.8. The van der Waals surface area contributed by atoms with E-state index in [2.05, 4.69) is 23.9 Å². The number of halogens is 1. The maximum atomic E-state index is 11.0. The second-order valence-corrected chi connectivity index (χ2v) is 4.85. The van der Waals surface area contributed by atoms with E-state index in [0.717, 1.165) is 5.56 Å². The normalized spacial score (nSPS) is 10.6. The zero-order chi connectivity index (χ0) is 14.3. The molecule has 0 aliphatic heterocycles. The molecule has 4 nitrogen and oxygen atoms in total. The molecule has 0 amide bonds. The minimum atomic E-state index is -0.297. The van der Waals surface area contributed by atoms with Gasteiger partial charge in [0, 0.05) is 18.2 Å². The van der Waals surface area contributed by atoms with Crippen LogP contribution in [-0.4, -0.2) is 25.7 Å². The second kappa shape index (κ2) is 8.02. The summed E-state index contributed by atoms with van der Waals surface area (Å²) in [5.41, 5.74) is 0.978. The van der Waals surface area contributed by atoms with Gasteiger partial charge in [0.25, 0.3) is 0 Å². The lowest BCUT2D eigenvalue weighted by atomic mass is 10.2. The Kier molecular flexibility index (Phi) is 6.67. The molecule has 1 N–H and O–H groups in total. The molecule has 0 aliphatic rings. The van der Waals surface area contributed by atoms with Gasteiger partial charge in [0.1, 0.15) is 5.75 Å². The number of hydrogen-bond acceptors (Lipinski definition) is 4. The fourth-order valence-corrected chi connectivity index (χ4v) is 1.76. The molecule has 0 heterocycles. The van der Waals surface area contributed by atoms with Crippen molar-refractivity contribution in [2.24, 2.45) is 0 Å². The molecule has 0 spiro atoms. The molecule has 0 aromatic heterocycles. The number of hydrogen-bond donors (Lipinski definition) is 1. The van der Waals surface area contributed by atoms with Gasteiger partial charge in [-0.25, -0.2) is 0 Å². The zero-order valence-corrected chi connectivity index (χ0v) is 12.3. The van der Waals surface area contributed by atoms with Gasteiger partial charge in [0.2, 0.25) is 0 Å². The standard InChI is InChI=1S/C14H20ClNO3/c1-10(2)16-9-11-5-4-6-12(15)14(11)19-8-7-13(17)18-3/h4-6,10,16H,7-9H2,1-3H3. The number of benzene rings is 1. The smallest absolute Gasteiger partial charge is 0.308 e. The molecule has 1 rings (SSSR count). The van der Waals surface area contributed by atoms with E-state index in [0.29, 0.717) is 23.4 Å². The molecule has 0 radical (unpaired) electrons. The van der Waals surface area contributed by atoms with Crippen molar-refractivity contribution in [3.63, 3.8) is 0 Å². The van der Waals surface area contributed by atoms with Crippen LogP contribution in [0.3, 0.4) is 0 Å². The molecule has 0 unspecified atom stereocenters. The first-order valence-electron chi connectivity index (χ1n) is 6.25. The molecule has 0 saturated carbocycles. The molecule has 1 aromatic carbocycles. The van der Waals surface area contributed by atoms with Crippen LogP contribution in [0.1, 0.15) is 25.8 Å². The van der Waals surface area contributed by atoms with Gasteiger partial charge in [-0.2, -0.15) is 0 Å². The summed E-state index contributed by atoms with van der Waals surface area (Å²) < 4.78 is 10.2. The van der Waals surface area contributed by atoms with Gasteiger partial charge in [-0.3, -0.25) is 4.79 Å². The van der Waals surface area contributed by atoms with E-state index in [1.807, 2.05) is 12.1 Å². The Bertz CT molecular complexity index is 421. The van der Waals surface area contributed by atoms with Gasteiger partial charge in [0.05, 0.1) is 25.2 Å². The number of carbonyl (C=O) groups excluding carboxylic acids is 1. The number of rotatable bonds is 7. The van der Waals surface area contributed by atoms with E-state index in [4.69, 9.17) is 16.3 Å². The molecule has 19 heavy (non-hydrogen) atoms. The summed E-state index contributed by atoms with van der Waals surface area (Å²) in [5, 5.41) is 3.86. The number of methoxy groups -OCH3 is 1. The number of esters is 1. The highest BCUT2D eigenvalue weighted by Crippen LogP contribution is 2.28. The maximum Gasteiger partial charge on any atom is 0.308 e. The predicted molar refractivity (Wildman–Crippen MR) is 75.6 cm³/mol. The predicted octanol–water partition coefficient (Wildman–Crippen LogP) is 2.78. The molecule has 0 saturated heterocycles. The lowest BCUT2D eigenvalue weighted by Gasteiger charge is -2.14. The summed E-state index contributed by atoms with van der Waals surface area (Å²) in [7, 11) is 1.36. The average Bonchev–Trinajstić information content (AvgIpc) is 2.38. The van der Waals surface area contributed by atoms with Crippen molar-refractivity contribution in [3.8, 4) is 5.75 Å². The Labute approximate surface area is 119 Å². The number of carbonyl (C=O) groups is 1. The van der Waals surface area contributed by atoms with Crippen LogP contribution < -0.4 is 10.1 Å². The summed E-state index contributed by atoms with van der Waals surface area (Å²) in [6, 6.07) is 5.98. The van der Waals surface area contributed by atoms with Crippen molar-refractivity contribution < 1.29 is 14.3 Å². The number of para-hydroxylation sites is 1. The van der Waals surface area contributed by atoms with Crippen molar-refractivity contribution in [1.29, 1.82) is 0 Å². The topological polar surface area (TPSA) is 47.6 Å². The fraction of sp³-hybridized carbons (Fsp3) is 0.500. The van der Waals surface area contributed by atoms with Gasteiger partial charge in [-0.1, -0.05) is 37.6 Å². The van der Waals surface area contributed by atoms with Gasteiger partial charge < -0.3 is 14.8 Å². The van der Waals surface area contributed by atoms with Crippen LogP contribution in [0.15, 0.2) is 18.2 Å². The second-order valence-electron chi connectivity index (χ2n) is 4.44. The third-order valence-corrected chi connectivity index (χ3v) is 2.83. The Morgan fingerprint density at radius 3 is 2.79 bits per heavy atom. The zero-order valence-electron chi connectivity index (χ0n) is 11.5. The molecular weight excluding hydrogens is 266 g/mol. The minimum absolute atomic E-state index is 0.207. The van der Waals surface area contributed by atoms with Crippen LogP contribution in [0.5, 0.6) is 5.75 Å². The highest BCUT2D eigenvalue weighted by molar-refractivity contribution is 6.32. The summed E-state index contributed by atoms with van der Waals surface area (Å²) in [6.45, 7) is 5.07. The van der Waals surface area contributed by atoms with E-state index >= 15 is 0 Å². The van der Waals surface area contributed by atoms with Crippen molar-refractivity contribution >= 4 is 17.6 Å². The van der Waals surface area contributed by atoms with E-state index in [1.165, 1.54) is 7.11 Å². The Balaban J connectivity index is 2.66. The van der Waals surface area contributed by atoms with E-state index in [1.54, 1.807) is 6.07 Å². The van der Waals surface area contributed by atoms with Gasteiger partial charge in [-0.15, -0.1) is 0 Å². The van der Waals surface area contributed by atoms with Crippen LogP contribution in [0.2, 0.25) is 5.02 Å². The van der Waals surface area contributed by atoms with Gasteiger partial charge in [-0.05, 0) is 6.07 Å². The monoisotopic (exact) mass is 285 g/mol. The Morgan fingerprint density at radius 2 is 2.16 bits per heavy atom. The van der Waals surface area contributed by atoms with E-state index < -0.39 is 0 Å². The molecular formula is C14H20ClNO3.